The van der Waals surface area contributed by atoms with Crippen LogP contribution in [0.5, 0.6) is 5.75 Å². The van der Waals surface area contributed by atoms with Gasteiger partial charge < -0.3 is 10.5 Å². The third-order valence-electron chi connectivity index (χ3n) is 4.17. The van der Waals surface area contributed by atoms with Crippen molar-refractivity contribution < 1.29 is 4.74 Å². The Bertz CT molecular complexity index is 400. The fraction of sp³-hybridized carbons (Fsp3) is 0.625. The minimum atomic E-state index is 0.144. The first-order valence-corrected chi connectivity index (χ1v) is 8.09. The van der Waals surface area contributed by atoms with E-state index in [1.54, 1.807) is 7.11 Å². The zero-order chi connectivity index (χ0) is 13.7. The molecule has 19 heavy (non-hydrogen) atoms. The molecule has 1 unspecified atom stereocenters. The van der Waals surface area contributed by atoms with Gasteiger partial charge in [-0.25, -0.2) is 0 Å². The van der Waals surface area contributed by atoms with Crippen molar-refractivity contribution in [2.75, 3.05) is 7.11 Å². The standard InChI is InChI=1S/C16H24BrNO/c1-19-16-9-8-13(11-14(16)17)15(18)10-12-6-4-2-3-5-7-12/h8-9,11-12,15H,2-7,10,18H2,1H3. The van der Waals surface area contributed by atoms with Crippen LogP contribution in [0.25, 0.3) is 0 Å². The summed E-state index contributed by atoms with van der Waals surface area (Å²) in [5.41, 5.74) is 7.58. The second kappa shape index (κ2) is 7.30. The van der Waals surface area contributed by atoms with Gasteiger partial charge in [0.05, 0.1) is 11.6 Å². The van der Waals surface area contributed by atoms with Gasteiger partial charge in [0.2, 0.25) is 0 Å². The van der Waals surface area contributed by atoms with Crippen LogP contribution in [0, 0.1) is 5.92 Å². The van der Waals surface area contributed by atoms with Gasteiger partial charge in [-0.2, -0.15) is 0 Å². The number of ether oxygens (including phenoxy) is 1. The molecule has 3 heteroatoms. The van der Waals surface area contributed by atoms with Gasteiger partial charge in [-0.3, -0.25) is 0 Å². The zero-order valence-electron chi connectivity index (χ0n) is 11.7. The molecule has 1 aliphatic carbocycles. The number of methoxy groups -OCH3 is 1. The van der Waals surface area contributed by atoms with E-state index >= 15 is 0 Å². The molecule has 1 saturated carbocycles. The van der Waals surface area contributed by atoms with Crippen molar-refractivity contribution in [3.8, 4) is 5.75 Å². The molecule has 1 atom stereocenters. The second-order valence-corrected chi connectivity index (χ2v) is 6.45. The minimum Gasteiger partial charge on any atom is -0.496 e. The molecule has 2 N–H and O–H groups in total. The maximum atomic E-state index is 6.38. The first-order valence-electron chi connectivity index (χ1n) is 7.29. The Balaban J connectivity index is 1.98. The molecule has 1 aromatic rings. The second-order valence-electron chi connectivity index (χ2n) is 5.59. The lowest BCUT2D eigenvalue weighted by atomic mass is 9.90. The summed E-state index contributed by atoms with van der Waals surface area (Å²) < 4.78 is 6.25. The average Bonchev–Trinajstić information content (AvgIpc) is 2.67. The van der Waals surface area contributed by atoms with E-state index in [2.05, 4.69) is 28.1 Å². The highest BCUT2D eigenvalue weighted by molar-refractivity contribution is 9.10. The Labute approximate surface area is 124 Å². The minimum absolute atomic E-state index is 0.144. The fourth-order valence-corrected chi connectivity index (χ4v) is 3.57. The van der Waals surface area contributed by atoms with Crippen LogP contribution in [0.1, 0.15) is 56.6 Å². The smallest absolute Gasteiger partial charge is 0.133 e. The number of hydrogen-bond donors (Lipinski definition) is 1. The van der Waals surface area contributed by atoms with Gasteiger partial charge in [-0.1, -0.05) is 44.6 Å². The van der Waals surface area contributed by atoms with Crippen molar-refractivity contribution in [3.63, 3.8) is 0 Å². The first-order chi connectivity index (χ1) is 9.20. The molecule has 0 saturated heterocycles. The van der Waals surface area contributed by atoms with Gasteiger partial charge in [0, 0.05) is 6.04 Å². The van der Waals surface area contributed by atoms with Crippen LogP contribution in [0.15, 0.2) is 22.7 Å². The lowest BCUT2D eigenvalue weighted by Crippen LogP contribution is -2.15. The van der Waals surface area contributed by atoms with E-state index in [1.165, 1.54) is 44.1 Å². The number of benzene rings is 1. The Hall–Kier alpha value is -0.540. The predicted molar refractivity (Wildman–Crippen MR) is 83.4 cm³/mol. The van der Waals surface area contributed by atoms with E-state index in [0.29, 0.717) is 0 Å². The molecule has 0 aliphatic heterocycles. The predicted octanol–water partition coefficient (Wildman–Crippen LogP) is 4.82. The molecule has 2 rings (SSSR count). The Morgan fingerprint density at radius 3 is 2.53 bits per heavy atom. The number of nitrogens with two attached hydrogens (primary N) is 1. The number of rotatable bonds is 4. The quantitative estimate of drug-likeness (QED) is 0.805. The maximum Gasteiger partial charge on any atom is 0.133 e. The van der Waals surface area contributed by atoms with Gasteiger partial charge in [0.25, 0.3) is 0 Å². The highest BCUT2D eigenvalue weighted by Gasteiger charge is 2.17. The molecule has 0 bridgehead atoms. The summed E-state index contributed by atoms with van der Waals surface area (Å²) in [5.74, 6) is 1.67. The van der Waals surface area contributed by atoms with Crippen molar-refractivity contribution in [1.29, 1.82) is 0 Å². The van der Waals surface area contributed by atoms with Crippen LogP contribution in [0.3, 0.4) is 0 Å². The highest BCUT2D eigenvalue weighted by Crippen LogP contribution is 2.32. The molecule has 0 heterocycles. The molecule has 0 aromatic heterocycles. The molecule has 1 aliphatic rings. The largest absolute Gasteiger partial charge is 0.496 e. The van der Waals surface area contributed by atoms with Gasteiger partial charge >= 0.3 is 0 Å². The fourth-order valence-electron chi connectivity index (χ4n) is 3.01. The first kappa shape index (κ1) is 14.9. The van der Waals surface area contributed by atoms with Gasteiger partial charge in [-0.05, 0) is 46.0 Å². The normalized spacial score (nSPS) is 18.9. The summed E-state index contributed by atoms with van der Waals surface area (Å²) >= 11 is 3.53. The van der Waals surface area contributed by atoms with E-state index in [9.17, 15) is 0 Å². The topological polar surface area (TPSA) is 35.2 Å². The van der Waals surface area contributed by atoms with Crippen molar-refractivity contribution >= 4 is 15.9 Å². The van der Waals surface area contributed by atoms with E-state index < -0.39 is 0 Å². The average molecular weight is 326 g/mol. The summed E-state index contributed by atoms with van der Waals surface area (Å²) in [7, 11) is 1.69. The number of halogens is 1. The van der Waals surface area contributed by atoms with E-state index in [1.807, 2.05) is 6.07 Å². The summed E-state index contributed by atoms with van der Waals surface area (Å²) in [6.07, 6.45) is 9.38. The third kappa shape index (κ3) is 4.22. The van der Waals surface area contributed by atoms with Crippen LogP contribution < -0.4 is 10.5 Å². The van der Waals surface area contributed by atoms with Crippen molar-refractivity contribution in [1.82, 2.24) is 0 Å². The molecule has 2 nitrogen and oxygen atoms in total. The summed E-state index contributed by atoms with van der Waals surface area (Å²) in [4.78, 5) is 0. The van der Waals surface area contributed by atoms with Crippen LogP contribution >= 0.6 is 15.9 Å². The number of hydrogen-bond acceptors (Lipinski definition) is 2. The molecule has 0 amide bonds. The van der Waals surface area contributed by atoms with Crippen LogP contribution in [0.2, 0.25) is 0 Å². The molecular weight excluding hydrogens is 302 g/mol. The van der Waals surface area contributed by atoms with Crippen molar-refractivity contribution in [3.05, 3.63) is 28.2 Å². The SMILES string of the molecule is COc1ccc(C(N)CC2CCCCCC2)cc1Br. The molecule has 0 spiro atoms. The third-order valence-corrected chi connectivity index (χ3v) is 4.79. The van der Waals surface area contributed by atoms with Crippen molar-refractivity contribution in [2.24, 2.45) is 11.7 Å². The molecule has 106 valence electrons. The lowest BCUT2D eigenvalue weighted by Gasteiger charge is -2.20. The summed E-state index contributed by atoms with van der Waals surface area (Å²) in [6, 6.07) is 6.32. The molecular formula is C16H24BrNO. The Morgan fingerprint density at radius 2 is 1.95 bits per heavy atom. The zero-order valence-corrected chi connectivity index (χ0v) is 13.3. The lowest BCUT2D eigenvalue weighted by molar-refractivity contribution is 0.391. The molecule has 1 fully saturated rings. The van der Waals surface area contributed by atoms with Gasteiger partial charge in [0.15, 0.2) is 0 Å². The maximum absolute atomic E-state index is 6.38. The highest BCUT2D eigenvalue weighted by atomic mass is 79.9. The van der Waals surface area contributed by atoms with Gasteiger partial charge in [-0.15, -0.1) is 0 Å². The van der Waals surface area contributed by atoms with E-state index in [0.717, 1.165) is 22.6 Å². The van der Waals surface area contributed by atoms with Crippen LogP contribution in [-0.4, -0.2) is 7.11 Å². The van der Waals surface area contributed by atoms with E-state index in [-0.39, 0.29) is 6.04 Å². The van der Waals surface area contributed by atoms with E-state index in [4.69, 9.17) is 10.5 Å². The molecule has 0 radical (unpaired) electrons. The van der Waals surface area contributed by atoms with Gasteiger partial charge in [0.1, 0.15) is 5.75 Å². The van der Waals surface area contributed by atoms with Crippen LogP contribution in [0.4, 0.5) is 0 Å². The Morgan fingerprint density at radius 1 is 1.26 bits per heavy atom. The van der Waals surface area contributed by atoms with Crippen molar-refractivity contribution in [2.45, 2.75) is 51.0 Å². The molecule has 1 aromatic carbocycles. The van der Waals surface area contributed by atoms with Crippen LogP contribution in [-0.2, 0) is 0 Å². The summed E-state index contributed by atoms with van der Waals surface area (Å²) in [5, 5.41) is 0. The monoisotopic (exact) mass is 325 g/mol. The Kier molecular flexibility index (Phi) is 5.71. The summed E-state index contributed by atoms with van der Waals surface area (Å²) in [6.45, 7) is 0.